The van der Waals surface area contributed by atoms with Gasteiger partial charge < -0.3 is 15.7 Å². The molecule has 4 aliphatic rings. The molecule has 5 heteroatoms. The summed E-state index contributed by atoms with van der Waals surface area (Å²) in [5.41, 5.74) is 5.28. The molecule has 0 unspecified atom stereocenters. The van der Waals surface area contributed by atoms with Crippen LogP contribution >= 0.6 is 0 Å². The molecule has 0 aliphatic heterocycles. The van der Waals surface area contributed by atoms with Gasteiger partial charge in [-0.15, -0.1) is 0 Å². The lowest BCUT2D eigenvalue weighted by molar-refractivity contribution is -0.159. The molecule has 4 bridgehead atoms. The summed E-state index contributed by atoms with van der Waals surface area (Å²) < 4.78 is 0. The maximum atomic E-state index is 12.1. The molecule has 3 N–H and O–H groups in total. The SMILES string of the molecule is NCC(=O)N(CC(=O)O)C12CC3CC(CC(C3)C1)C2. The Balaban J connectivity index is 1.88. The zero-order valence-corrected chi connectivity index (χ0v) is 11.2. The number of hydrogen-bond acceptors (Lipinski definition) is 3. The fraction of sp³-hybridized carbons (Fsp3) is 0.857. The Morgan fingerprint density at radius 2 is 1.58 bits per heavy atom. The fourth-order valence-electron chi connectivity index (χ4n) is 5.16. The summed E-state index contributed by atoms with van der Waals surface area (Å²) >= 11 is 0. The Hall–Kier alpha value is -1.10. The first-order valence-corrected chi connectivity index (χ1v) is 7.25. The molecule has 4 fully saturated rings. The van der Waals surface area contributed by atoms with Gasteiger partial charge in [-0.1, -0.05) is 0 Å². The summed E-state index contributed by atoms with van der Waals surface area (Å²) in [6.45, 7) is -0.281. The summed E-state index contributed by atoms with van der Waals surface area (Å²) in [7, 11) is 0. The lowest BCUT2D eigenvalue weighted by atomic mass is 9.52. The van der Waals surface area contributed by atoms with E-state index in [2.05, 4.69) is 0 Å². The molecule has 4 saturated carbocycles. The highest BCUT2D eigenvalue weighted by atomic mass is 16.4. The van der Waals surface area contributed by atoms with Gasteiger partial charge in [-0.2, -0.15) is 0 Å². The van der Waals surface area contributed by atoms with E-state index in [1.165, 1.54) is 19.3 Å². The molecule has 106 valence electrons. The third-order valence-electron chi connectivity index (χ3n) is 5.35. The van der Waals surface area contributed by atoms with Crippen LogP contribution in [0.3, 0.4) is 0 Å². The van der Waals surface area contributed by atoms with Crippen LogP contribution in [0.4, 0.5) is 0 Å². The molecule has 0 spiro atoms. The highest BCUT2D eigenvalue weighted by Crippen LogP contribution is 2.57. The standard InChI is InChI=1S/C14H22N2O3/c15-7-12(17)16(8-13(18)19)14-4-9-1-10(5-14)3-11(2-9)6-14/h9-11H,1-8,15H2,(H,18,19). The highest BCUT2D eigenvalue weighted by molar-refractivity contribution is 5.83. The summed E-state index contributed by atoms with van der Waals surface area (Å²) in [6.07, 6.45) is 6.78. The minimum atomic E-state index is -0.933. The molecule has 0 aromatic heterocycles. The Labute approximate surface area is 113 Å². The average molecular weight is 266 g/mol. The van der Waals surface area contributed by atoms with Gasteiger partial charge in [-0.05, 0) is 56.3 Å². The smallest absolute Gasteiger partial charge is 0.323 e. The fourth-order valence-corrected chi connectivity index (χ4v) is 5.16. The zero-order chi connectivity index (χ0) is 13.6. The van der Waals surface area contributed by atoms with Gasteiger partial charge in [0.2, 0.25) is 5.91 Å². The van der Waals surface area contributed by atoms with Gasteiger partial charge in [0.25, 0.3) is 0 Å². The second-order valence-corrected chi connectivity index (χ2v) is 6.72. The van der Waals surface area contributed by atoms with Crippen LogP contribution in [-0.4, -0.2) is 40.5 Å². The van der Waals surface area contributed by atoms with Crippen molar-refractivity contribution in [3.05, 3.63) is 0 Å². The van der Waals surface area contributed by atoms with Crippen molar-refractivity contribution >= 4 is 11.9 Å². The van der Waals surface area contributed by atoms with Crippen LogP contribution in [0.1, 0.15) is 38.5 Å². The van der Waals surface area contributed by atoms with E-state index in [0.29, 0.717) is 17.8 Å². The van der Waals surface area contributed by atoms with E-state index in [1.807, 2.05) is 0 Å². The summed E-state index contributed by atoms with van der Waals surface area (Å²) in [6, 6.07) is 0. The van der Waals surface area contributed by atoms with Gasteiger partial charge in [0.05, 0.1) is 6.54 Å². The Morgan fingerprint density at radius 3 is 1.95 bits per heavy atom. The van der Waals surface area contributed by atoms with Crippen molar-refractivity contribution in [2.45, 2.75) is 44.1 Å². The van der Waals surface area contributed by atoms with Crippen molar-refractivity contribution < 1.29 is 14.7 Å². The lowest BCUT2D eigenvalue weighted by Crippen LogP contribution is -2.63. The van der Waals surface area contributed by atoms with E-state index in [9.17, 15) is 9.59 Å². The molecule has 1 amide bonds. The number of nitrogens with zero attached hydrogens (tertiary/aromatic N) is 1. The first-order valence-electron chi connectivity index (χ1n) is 7.25. The first-order chi connectivity index (χ1) is 9.02. The number of nitrogens with two attached hydrogens (primary N) is 1. The van der Waals surface area contributed by atoms with Crippen LogP contribution in [-0.2, 0) is 9.59 Å². The molecule has 0 saturated heterocycles. The second-order valence-electron chi connectivity index (χ2n) is 6.72. The normalized spacial score (nSPS) is 39.3. The third kappa shape index (κ3) is 2.14. The average Bonchev–Trinajstić information content (AvgIpc) is 2.33. The van der Waals surface area contributed by atoms with E-state index in [-0.39, 0.29) is 24.5 Å². The molecule has 4 rings (SSSR count). The number of carboxylic acids is 1. The number of carboxylic acid groups (broad SMARTS) is 1. The van der Waals surface area contributed by atoms with Gasteiger partial charge in [-0.25, -0.2) is 0 Å². The minimum absolute atomic E-state index is 0.0883. The van der Waals surface area contributed by atoms with Gasteiger partial charge in [0.15, 0.2) is 0 Å². The van der Waals surface area contributed by atoms with Crippen LogP contribution < -0.4 is 5.73 Å². The van der Waals surface area contributed by atoms with Crippen LogP contribution in [0, 0.1) is 17.8 Å². The molecule has 0 heterocycles. The van der Waals surface area contributed by atoms with Gasteiger partial charge in [-0.3, -0.25) is 9.59 Å². The van der Waals surface area contributed by atoms with Crippen LogP contribution in [0.2, 0.25) is 0 Å². The highest BCUT2D eigenvalue weighted by Gasteiger charge is 2.54. The van der Waals surface area contributed by atoms with Crippen LogP contribution in [0.5, 0.6) is 0 Å². The van der Waals surface area contributed by atoms with Crippen molar-refractivity contribution in [3.8, 4) is 0 Å². The molecule has 4 aliphatic carbocycles. The van der Waals surface area contributed by atoms with Crippen LogP contribution in [0.25, 0.3) is 0 Å². The lowest BCUT2D eigenvalue weighted by Gasteiger charge is -2.60. The van der Waals surface area contributed by atoms with E-state index in [4.69, 9.17) is 10.8 Å². The van der Waals surface area contributed by atoms with E-state index in [0.717, 1.165) is 19.3 Å². The molecular weight excluding hydrogens is 244 g/mol. The topological polar surface area (TPSA) is 83.6 Å². The number of amides is 1. The largest absolute Gasteiger partial charge is 0.480 e. The number of carbonyl (C=O) groups is 2. The van der Waals surface area contributed by atoms with Crippen molar-refractivity contribution in [1.29, 1.82) is 0 Å². The number of hydrogen-bond donors (Lipinski definition) is 2. The Bertz CT molecular complexity index is 372. The molecule has 0 aromatic rings. The monoisotopic (exact) mass is 266 g/mol. The van der Waals surface area contributed by atoms with E-state index < -0.39 is 5.97 Å². The van der Waals surface area contributed by atoms with Gasteiger partial charge >= 0.3 is 5.97 Å². The second kappa shape index (κ2) is 4.47. The number of rotatable bonds is 4. The van der Waals surface area contributed by atoms with Gasteiger partial charge in [0.1, 0.15) is 6.54 Å². The van der Waals surface area contributed by atoms with Gasteiger partial charge in [0, 0.05) is 5.54 Å². The maximum Gasteiger partial charge on any atom is 0.323 e. The predicted octanol–water partition coefficient (Wildman–Crippen LogP) is 0.827. The molecule has 0 radical (unpaired) electrons. The van der Waals surface area contributed by atoms with Crippen molar-refractivity contribution in [3.63, 3.8) is 0 Å². The summed E-state index contributed by atoms with van der Waals surface area (Å²) in [5.74, 6) is 0.927. The first kappa shape index (κ1) is 12.9. The molecular formula is C14H22N2O3. The Kier molecular flexibility index (Phi) is 3.04. The Morgan fingerprint density at radius 1 is 1.11 bits per heavy atom. The van der Waals surface area contributed by atoms with Crippen LogP contribution in [0.15, 0.2) is 0 Å². The van der Waals surface area contributed by atoms with Crippen molar-refractivity contribution in [2.75, 3.05) is 13.1 Å². The van der Waals surface area contributed by atoms with E-state index >= 15 is 0 Å². The minimum Gasteiger partial charge on any atom is -0.480 e. The van der Waals surface area contributed by atoms with Crippen molar-refractivity contribution in [2.24, 2.45) is 23.5 Å². The van der Waals surface area contributed by atoms with E-state index in [1.54, 1.807) is 4.90 Å². The predicted molar refractivity (Wildman–Crippen MR) is 69.3 cm³/mol. The zero-order valence-electron chi connectivity index (χ0n) is 11.2. The molecule has 0 aromatic carbocycles. The summed E-state index contributed by atoms with van der Waals surface area (Å²) in [5, 5.41) is 9.10. The molecule has 0 atom stereocenters. The number of aliphatic carboxylic acids is 1. The molecule has 5 nitrogen and oxygen atoms in total. The number of carbonyl (C=O) groups excluding carboxylic acids is 1. The molecule has 19 heavy (non-hydrogen) atoms. The third-order valence-corrected chi connectivity index (χ3v) is 5.35. The summed E-state index contributed by atoms with van der Waals surface area (Å²) in [4.78, 5) is 24.8. The van der Waals surface area contributed by atoms with Crippen molar-refractivity contribution in [1.82, 2.24) is 4.90 Å². The quantitative estimate of drug-likeness (QED) is 0.789. The maximum absolute atomic E-state index is 12.1.